The number of carbonyl (C=O) groups excluding carboxylic acids is 3. The fraction of sp³-hybridized carbons (Fsp3) is 0.304. The number of nitrogens with zero attached hydrogens (tertiary/aromatic N) is 1. The Morgan fingerprint density at radius 2 is 1.48 bits per heavy atom. The molecular weight excluding hydrogens is 489 g/mol. The minimum absolute atomic E-state index is 0.0137. The van der Waals surface area contributed by atoms with E-state index in [0.717, 1.165) is 11.5 Å². The number of allylic oxidation sites excluding steroid dienone is 4. The number of rotatable bonds is 5. The molecule has 2 aliphatic rings. The van der Waals surface area contributed by atoms with E-state index >= 15 is 0 Å². The number of hydrogen-bond acceptors (Lipinski definition) is 8. The average Bonchev–Trinajstić information content (AvgIpc) is 3.11. The molecule has 2 aromatic rings. The molecule has 7 nitrogen and oxygen atoms in total. The predicted octanol–water partition coefficient (Wildman–Crippen LogP) is 5.88. The monoisotopic (exact) mass is 507 g/mol. The summed E-state index contributed by atoms with van der Waals surface area (Å²) >= 11 is 12.7. The van der Waals surface area contributed by atoms with Crippen LogP contribution in [-0.2, 0) is 9.59 Å². The van der Waals surface area contributed by atoms with E-state index < -0.39 is 11.9 Å². The SMILES string of the molecule is O=C1CCCC(O)=C1C(C1=C(O)CCCC1=O)c1ccc(OC(=O)c2nsc(Cl)c2Cl)cc1. The first kappa shape index (κ1) is 23.5. The van der Waals surface area contributed by atoms with Gasteiger partial charge in [0.1, 0.15) is 15.1 Å². The number of hydrogen-bond donors (Lipinski definition) is 2. The summed E-state index contributed by atoms with van der Waals surface area (Å²) in [5.41, 5.74) is 0.677. The molecule has 1 heterocycles. The summed E-state index contributed by atoms with van der Waals surface area (Å²) in [6, 6.07) is 6.18. The summed E-state index contributed by atoms with van der Waals surface area (Å²) < 4.78 is 9.36. The van der Waals surface area contributed by atoms with Gasteiger partial charge < -0.3 is 14.9 Å². The third-order valence-corrected chi connectivity index (χ3v) is 7.26. The summed E-state index contributed by atoms with van der Waals surface area (Å²) in [6.07, 6.45) is 2.21. The lowest BCUT2D eigenvalue weighted by atomic mass is 9.74. The summed E-state index contributed by atoms with van der Waals surface area (Å²) in [5.74, 6) is -2.15. The van der Waals surface area contributed by atoms with Crippen LogP contribution in [0, 0.1) is 0 Å². The number of ether oxygens (including phenoxy) is 1. The Morgan fingerprint density at radius 3 is 1.94 bits per heavy atom. The van der Waals surface area contributed by atoms with Crippen molar-refractivity contribution in [2.75, 3.05) is 0 Å². The van der Waals surface area contributed by atoms with E-state index in [-0.39, 0.29) is 67.9 Å². The second-order valence-corrected chi connectivity index (χ2v) is 9.54. The highest BCUT2D eigenvalue weighted by Gasteiger charge is 2.37. The molecule has 172 valence electrons. The Kier molecular flexibility index (Phi) is 6.88. The molecule has 0 saturated carbocycles. The number of carbonyl (C=O) groups is 3. The molecule has 0 aliphatic heterocycles. The molecule has 2 N–H and O–H groups in total. The van der Waals surface area contributed by atoms with Crippen molar-refractivity contribution in [2.45, 2.75) is 44.4 Å². The van der Waals surface area contributed by atoms with E-state index in [2.05, 4.69) is 4.37 Å². The van der Waals surface area contributed by atoms with Crippen LogP contribution in [0.2, 0.25) is 9.36 Å². The average molecular weight is 508 g/mol. The van der Waals surface area contributed by atoms with Gasteiger partial charge in [0.05, 0.1) is 11.5 Å². The minimum atomic E-state index is -0.901. The molecule has 33 heavy (non-hydrogen) atoms. The second-order valence-electron chi connectivity index (χ2n) is 7.78. The van der Waals surface area contributed by atoms with Crippen LogP contribution in [0.25, 0.3) is 0 Å². The first-order valence-corrected chi connectivity index (χ1v) is 11.8. The Morgan fingerprint density at radius 1 is 0.939 bits per heavy atom. The molecule has 0 fully saturated rings. The molecule has 0 amide bonds. The number of Topliss-reactive ketones (excluding diaryl/α,β-unsaturated/α-hetero) is 2. The maximum absolute atomic E-state index is 12.7. The molecule has 0 bridgehead atoms. The van der Waals surface area contributed by atoms with Gasteiger partial charge in [0.25, 0.3) is 0 Å². The molecule has 0 atom stereocenters. The van der Waals surface area contributed by atoms with Crippen molar-refractivity contribution in [3.05, 3.63) is 67.5 Å². The topological polar surface area (TPSA) is 114 Å². The summed E-state index contributed by atoms with van der Waals surface area (Å²) in [5, 5.41) is 21.1. The van der Waals surface area contributed by atoms with Crippen molar-refractivity contribution >= 4 is 52.3 Å². The van der Waals surface area contributed by atoms with Crippen LogP contribution in [0.4, 0.5) is 0 Å². The fourth-order valence-electron chi connectivity index (χ4n) is 4.10. The van der Waals surface area contributed by atoms with Gasteiger partial charge in [0.15, 0.2) is 17.3 Å². The van der Waals surface area contributed by atoms with Crippen LogP contribution >= 0.6 is 34.7 Å². The number of aliphatic hydroxyl groups is 2. The molecule has 4 rings (SSSR count). The van der Waals surface area contributed by atoms with E-state index in [0.29, 0.717) is 31.2 Å². The van der Waals surface area contributed by atoms with Crippen LogP contribution in [0.5, 0.6) is 5.75 Å². The van der Waals surface area contributed by atoms with Gasteiger partial charge >= 0.3 is 5.97 Å². The molecule has 10 heteroatoms. The lowest BCUT2D eigenvalue weighted by Gasteiger charge is -2.28. The van der Waals surface area contributed by atoms with Crippen molar-refractivity contribution in [1.29, 1.82) is 0 Å². The van der Waals surface area contributed by atoms with Crippen molar-refractivity contribution in [2.24, 2.45) is 0 Å². The van der Waals surface area contributed by atoms with E-state index in [1.807, 2.05) is 0 Å². The van der Waals surface area contributed by atoms with Crippen molar-refractivity contribution in [3.8, 4) is 5.75 Å². The van der Waals surface area contributed by atoms with Crippen LogP contribution in [0.3, 0.4) is 0 Å². The van der Waals surface area contributed by atoms with Gasteiger partial charge in [-0.15, -0.1) is 0 Å². The van der Waals surface area contributed by atoms with Gasteiger partial charge in [0, 0.05) is 42.7 Å². The second kappa shape index (κ2) is 9.67. The van der Waals surface area contributed by atoms with Gasteiger partial charge in [-0.1, -0.05) is 35.3 Å². The zero-order valence-corrected chi connectivity index (χ0v) is 19.6. The minimum Gasteiger partial charge on any atom is -0.512 e. The highest BCUT2D eigenvalue weighted by atomic mass is 35.5. The fourth-order valence-corrected chi connectivity index (χ4v) is 5.08. The molecular formula is C23H19Cl2NO6S. The number of esters is 1. The molecule has 1 aromatic carbocycles. The molecule has 0 unspecified atom stereocenters. The number of ketones is 2. The van der Waals surface area contributed by atoms with E-state index in [9.17, 15) is 24.6 Å². The molecule has 2 aliphatic carbocycles. The van der Waals surface area contributed by atoms with Crippen molar-refractivity contribution in [3.63, 3.8) is 0 Å². The van der Waals surface area contributed by atoms with Crippen LogP contribution in [0.1, 0.15) is 60.5 Å². The Labute approximate surface area is 203 Å². The molecule has 1 aromatic heterocycles. The smallest absolute Gasteiger partial charge is 0.365 e. The number of benzene rings is 1. The Hall–Kier alpha value is -2.68. The summed E-state index contributed by atoms with van der Waals surface area (Å²) in [6.45, 7) is 0. The number of aromatic nitrogens is 1. The van der Waals surface area contributed by atoms with Crippen LogP contribution in [-0.4, -0.2) is 32.1 Å². The van der Waals surface area contributed by atoms with Gasteiger partial charge in [-0.2, -0.15) is 4.37 Å². The summed E-state index contributed by atoms with van der Waals surface area (Å²) in [4.78, 5) is 37.8. The number of halogens is 2. The van der Waals surface area contributed by atoms with Gasteiger partial charge in [0.2, 0.25) is 0 Å². The van der Waals surface area contributed by atoms with Gasteiger partial charge in [-0.05, 0) is 42.1 Å². The molecule has 0 saturated heterocycles. The van der Waals surface area contributed by atoms with Crippen molar-refractivity contribution in [1.82, 2.24) is 4.37 Å². The largest absolute Gasteiger partial charge is 0.512 e. The van der Waals surface area contributed by atoms with Crippen LogP contribution < -0.4 is 4.74 Å². The maximum Gasteiger partial charge on any atom is 0.365 e. The molecule has 0 spiro atoms. The van der Waals surface area contributed by atoms with Gasteiger partial charge in [-0.25, -0.2) is 4.79 Å². The summed E-state index contributed by atoms with van der Waals surface area (Å²) in [7, 11) is 0. The predicted molar refractivity (Wildman–Crippen MR) is 123 cm³/mol. The first-order chi connectivity index (χ1) is 15.8. The normalized spacial score (nSPS) is 17.2. The van der Waals surface area contributed by atoms with E-state index in [4.69, 9.17) is 27.9 Å². The molecule has 0 radical (unpaired) electrons. The lowest BCUT2D eigenvalue weighted by Crippen LogP contribution is -2.25. The number of aliphatic hydroxyl groups excluding tert-OH is 2. The third-order valence-electron chi connectivity index (χ3n) is 5.65. The third kappa shape index (κ3) is 4.69. The Balaban J connectivity index is 1.70. The standard InChI is InChI=1S/C23H19Cl2NO6S/c24-20-21(26-33-22(20)25)23(31)32-12-9-7-11(8-10-12)17(18-13(27)3-1-4-14(18)28)19-15(29)5-2-6-16(19)30/h7-10,17,27,29H,1-6H2. The maximum atomic E-state index is 12.7. The van der Waals surface area contributed by atoms with Crippen LogP contribution in [0.15, 0.2) is 46.9 Å². The zero-order valence-electron chi connectivity index (χ0n) is 17.3. The quantitative estimate of drug-likeness (QED) is 0.383. The highest BCUT2D eigenvalue weighted by Crippen LogP contribution is 2.42. The van der Waals surface area contributed by atoms with Gasteiger partial charge in [-0.3, -0.25) is 9.59 Å². The lowest BCUT2D eigenvalue weighted by molar-refractivity contribution is -0.117. The Bertz CT molecular complexity index is 1160. The first-order valence-electron chi connectivity index (χ1n) is 10.3. The van der Waals surface area contributed by atoms with E-state index in [1.54, 1.807) is 12.1 Å². The van der Waals surface area contributed by atoms with Crippen molar-refractivity contribution < 1.29 is 29.3 Å². The van der Waals surface area contributed by atoms with E-state index in [1.165, 1.54) is 12.1 Å². The highest BCUT2D eigenvalue weighted by molar-refractivity contribution is 7.11. The zero-order chi connectivity index (χ0) is 23.7.